The van der Waals surface area contributed by atoms with Crippen molar-refractivity contribution in [2.45, 2.75) is 31.9 Å². The van der Waals surface area contributed by atoms with Crippen molar-refractivity contribution in [1.82, 2.24) is 0 Å². The quantitative estimate of drug-likeness (QED) is 0.180. The SMILES string of the molecule is Cc1ccccc1-c1ccc(C2=C(c3sc4ccccc4c3-c3ccc(Cc4ccccc4)cc3)SC3CC=CC=C23)cc1C. The molecule has 5 aromatic carbocycles. The lowest BCUT2D eigenvalue weighted by Crippen LogP contribution is -2.04. The molecule has 0 N–H and O–H groups in total. The summed E-state index contributed by atoms with van der Waals surface area (Å²) in [6.45, 7) is 4.47. The second-order valence-electron chi connectivity index (χ2n) is 12.1. The second-order valence-corrected chi connectivity index (χ2v) is 14.4. The predicted octanol–water partition coefficient (Wildman–Crippen LogP) is 12.3. The topological polar surface area (TPSA) is 0 Å². The average Bonchev–Trinajstić information content (AvgIpc) is 3.65. The van der Waals surface area contributed by atoms with Gasteiger partial charge in [-0.15, -0.1) is 23.1 Å². The first-order valence-electron chi connectivity index (χ1n) is 15.7. The summed E-state index contributed by atoms with van der Waals surface area (Å²) in [6.07, 6.45) is 8.95. The van der Waals surface area contributed by atoms with E-state index in [0.717, 1.165) is 12.8 Å². The van der Waals surface area contributed by atoms with Gasteiger partial charge in [-0.1, -0.05) is 133 Å². The molecule has 1 unspecified atom stereocenters. The van der Waals surface area contributed by atoms with Gasteiger partial charge in [0, 0.05) is 31.4 Å². The van der Waals surface area contributed by atoms with Gasteiger partial charge in [0.05, 0.1) is 4.88 Å². The van der Waals surface area contributed by atoms with E-state index >= 15 is 0 Å². The van der Waals surface area contributed by atoms with Gasteiger partial charge in [0.2, 0.25) is 0 Å². The van der Waals surface area contributed by atoms with Crippen molar-refractivity contribution in [2.24, 2.45) is 0 Å². The first-order valence-corrected chi connectivity index (χ1v) is 17.4. The van der Waals surface area contributed by atoms with Crippen molar-refractivity contribution >= 4 is 43.7 Å². The van der Waals surface area contributed by atoms with E-state index in [1.165, 1.54) is 81.1 Å². The predicted molar refractivity (Wildman–Crippen MR) is 198 cm³/mol. The van der Waals surface area contributed by atoms with Gasteiger partial charge >= 0.3 is 0 Å². The van der Waals surface area contributed by atoms with Crippen LogP contribution in [0.3, 0.4) is 0 Å². The average molecular weight is 615 g/mol. The molecule has 0 radical (unpaired) electrons. The Morgan fingerprint density at radius 3 is 2.20 bits per heavy atom. The molecule has 0 saturated carbocycles. The second kappa shape index (κ2) is 11.9. The largest absolute Gasteiger partial charge is 0.134 e. The smallest absolute Gasteiger partial charge is 0.0503 e. The highest BCUT2D eigenvalue weighted by molar-refractivity contribution is 8.10. The molecule has 45 heavy (non-hydrogen) atoms. The summed E-state index contributed by atoms with van der Waals surface area (Å²) in [5, 5.41) is 1.79. The molecule has 8 rings (SSSR count). The van der Waals surface area contributed by atoms with Gasteiger partial charge in [0.15, 0.2) is 0 Å². The number of fused-ring (bicyclic) bond motifs is 2. The standard InChI is InChI=1S/C43H34S2/c1-28-12-6-7-15-34(28)35-25-24-33(26-29(35)2)41-37-17-9-11-19-39(37)45-43(41)42-40(36-16-8-10-18-38(36)44-42)32-22-20-31(21-23-32)27-30-13-4-3-5-14-30/h3-18,20-26,39H,19,27H2,1-2H3. The Labute approximate surface area is 274 Å². The van der Waals surface area contributed by atoms with Crippen molar-refractivity contribution in [3.63, 3.8) is 0 Å². The van der Waals surface area contributed by atoms with Crippen LogP contribution >= 0.6 is 23.1 Å². The van der Waals surface area contributed by atoms with E-state index in [-0.39, 0.29) is 0 Å². The third kappa shape index (κ3) is 5.23. The molecule has 2 aliphatic rings. The van der Waals surface area contributed by atoms with Crippen LogP contribution in [0.1, 0.15) is 39.1 Å². The number of aryl methyl sites for hydroxylation is 2. The zero-order chi connectivity index (χ0) is 30.3. The van der Waals surface area contributed by atoms with Gasteiger partial charge in [0.1, 0.15) is 0 Å². The first-order chi connectivity index (χ1) is 22.1. The van der Waals surface area contributed by atoms with E-state index in [0.29, 0.717) is 5.25 Å². The van der Waals surface area contributed by atoms with Gasteiger partial charge in [-0.2, -0.15) is 0 Å². The lowest BCUT2D eigenvalue weighted by Gasteiger charge is -2.16. The minimum Gasteiger partial charge on any atom is -0.134 e. The van der Waals surface area contributed by atoms with Gasteiger partial charge in [-0.3, -0.25) is 0 Å². The highest BCUT2D eigenvalue weighted by Gasteiger charge is 2.34. The minimum absolute atomic E-state index is 0.447. The Morgan fingerprint density at radius 2 is 1.38 bits per heavy atom. The lowest BCUT2D eigenvalue weighted by molar-refractivity contribution is 1.03. The molecular weight excluding hydrogens is 581 g/mol. The molecule has 1 aliphatic carbocycles. The van der Waals surface area contributed by atoms with Crippen LogP contribution in [0.15, 0.2) is 145 Å². The van der Waals surface area contributed by atoms with Crippen LogP contribution in [0.2, 0.25) is 0 Å². The molecule has 0 nitrogen and oxygen atoms in total. The molecule has 0 spiro atoms. The Morgan fingerprint density at radius 1 is 0.667 bits per heavy atom. The monoisotopic (exact) mass is 614 g/mol. The Hall–Kier alpha value is -4.37. The van der Waals surface area contributed by atoms with Crippen molar-refractivity contribution in [2.75, 3.05) is 0 Å². The van der Waals surface area contributed by atoms with Crippen molar-refractivity contribution in [3.8, 4) is 22.3 Å². The van der Waals surface area contributed by atoms with Gasteiger partial charge < -0.3 is 0 Å². The van der Waals surface area contributed by atoms with Crippen molar-refractivity contribution < 1.29 is 0 Å². The van der Waals surface area contributed by atoms with E-state index < -0.39 is 0 Å². The molecule has 2 heterocycles. The first kappa shape index (κ1) is 28.1. The summed E-state index contributed by atoms with van der Waals surface area (Å²) < 4.78 is 1.34. The summed E-state index contributed by atoms with van der Waals surface area (Å²) in [5.41, 5.74) is 14.8. The summed E-state index contributed by atoms with van der Waals surface area (Å²) >= 11 is 4.01. The third-order valence-electron chi connectivity index (χ3n) is 9.13. The van der Waals surface area contributed by atoms with Crippen LogP contribution in [-0.4, -0.2) is 5.25 Å². The number of thioether (sulfide) groups is 1. The fourth-order valence-corrected chi connectivity index (χ4v) is 9.69. The van der Waals surface area contributed by atoms with Crippen molar-refractivity contribution in [1.29, 1.82) is 0 Å². The van der Waals surface area contributed by atoms with Crippen LogP contribution in [0, 0.1) is 13.8 Å². The van der Waals surface area contributed by atoms with E-state index in [9.17, 15) is 0 Å². The normalized spacial score (nSPS) is 15.9. The number of allylic oxidation sites excluding steroid dienone is 4. The molecular formula is C43H34S2. The van der Waals surface area contributed by atoms with E-state index in [4.69, 9.17) is 0 Å². The molecule has 2 heteroatoms. The maximum Gasteiger partial charge on any atom is 0.0503 e. The van der Waals surface area contributed by atoms with Crippen LogP contribution < -0.4 is 0 Å². The fraction of sp³-hybridized carbons (Fsp3) is 0.116. The maximum atomic E-state index is 2.42. The van der Waals surface area contributed by atoms with Crippen LogP contribution in [0.4, 0.5) is 0 Å². The number of hydrogen-bond acceptors (Lipinski definition) is 2. The molecule has 1 aliphatic heterocycles. The summed E-state index contributed by atoms with van der Waals surface area (Å²) in [6, 6.07) is 44.8. The zero-order valence-corrected chi connectivity index (χ0v) is 27.2. The van der Waals surface area contributed by atoms with Gasteiger partial charge in [-0.25, -0.2) is 0 Å². The van der Waals surface area contributed by atoms with Gasteiger partial charge in [-0.05, 0) is 82.8 Å². The number of rotatable bonds is 6. The molecule has 1 aromatic heterocycles. The Kier molecular flexibility index (Phi) is 7.41. The Balaban J connectivity index is 1.28. The lowest BCUT2D eigenvalue weighted by atomic mass is 9.87. The molecule has 6 aromatic rings. The Bertz CT molecular complexity index is 2140. The molecule has 1 atom stereocenters. The zero-order valence-electron chi connectivity index (χ0n) is 25.6. The number of benzene rings is 5. The summed E-state index contributed by atoms with van der Waals surface area (Å²) in [4.78, 5) is 2.81. The highest BCUT2D eigenvalue weighted by Crippen LogP contribution is 2.57. The summed E-state index contributed by atoms with van der Waals surface area (Å²) in [5.74, 6) is 0. The number of thiophene rings is 1. The van der Waals surface area contributed by atoms with Crippen molar-refractivity contribution in [3.05, 3.63) is 178 Å². The van der Waals surface area contributed by atoms with Crippen LogP contribution in [-0.2, 0) is 6.42 Å². The van der Waals surface area contributed by atoms with Crippen LogP contribution in [0.5, 0.6) is 0 Å². The number of hydrogen-bond donors (Lipinski definition) is 0. The van der Waals surface area contributed by atoms with Crippen LogP contribution in [0.25, 0.3) is 42.8 Å². The third-order valence-corrected chi connectivity index (χ3v) is 11.8. The highest BCUT2D eigenvalue weighted by atomic mass is 32.2. The molecule has 0 saturated heterocycles. The fourth-order valence-electron chi connectivity index (χ4n) is 6.87. The molecule has 0 bridgehead atoms. The summed E-state index contributed by atoms with van der Waals surface area (Å²) in [7, 11) is 0. The van der Waals surface area contributed by atoms with E-state index in [1.807, 2.05) is 11.3 Å². The van der Waals surface area contributed by atoms with E-state index in [2.05, 4.69) is 165 Å². The van der Waals surface area contributed by atoms with E-state index in [1.54, 1.807) is 0 Å². The maximum absolute atomic E-state index is 2.42. The molecule has 218 valence electrons. The minimum atomic E-state index is 0.447. The molecule has 0 fully saturated rings. The van der Waals surface area contributed by atoms with Gasteiger partial charge in [0.25, 0.3) is 0 Å². The molecule has 0 amide bonds.